The van der Waals surface area contributed by atoms with Crippen LogP contribution in [-0.2, 0) is 33.4 Å². The molecule has 0 radical (unpaired) electrons. The summed E-state index contributed by atoms with van der Waals surface area (Å²) in [4.78, 5) is 53.3. The Morgan fingerprint density at radius 3 is 2.39 bits per heavy atom. The second-order valence-electron chi connectivity index (χ2n) is 13.6. The van der Waals surface area contributed by atoms with E-state index in [1.165, 1.54) is 6.26 Å². The monoisotopic (exact) mass is 572 g/mol. The van der Waals surface area contributed by atoms with Gasteiger partial charge in [-0.25, -0.2) is 4.79 Å². The molecule has 2 bridgehead atoms. The molecule has 2 N–H and O–H groups in total. The third kappa shape index (κ3) is 3.96. The minimum atomic E-state index is -2.15. The molecule has 8 atom stereocenters. The number of ether oxygens (including phenoxy) is 3. The lowest BCUT2D eigenvalue weighted by molar-refractivity contribution is -0.247. The molecule has 224 valence electrons. The number of aliphatic hydroxyl groups is 2. The van der Waals surface area contributed by atoms with E-state index in [9.17, 15) is 29.4 Å². The van der Waals surface area contributed by atoms with Crippen LogP contribution in [0.1, 0.15) is 78.9 Å². The van der Waals surface area contributed by atoms with Crippen LogP contribution in [0.3, 0.4) is 0 Å². The first-order valence-corrected chi connectivity index (χ1v) is 14.2. The molecular formula is C31H40O10. The molecule has 0 aromatic carbocycles. The SMILES string of the molecule is COC(=O)[C@H](O)[C@H]1C(C)(C)[C@H](OC(=O)C(C)C)[C@@]2(O)CC3=C4CC(=O)O[C@@H](c5ccoc5)[C@]4(C)CC[C@@H]3[C@]1(C)C2=O. The van der Waals surface area contributed by atoms with Crippen molar-refractivity contribution in [3.8, 4) is 0 Å². The number of rotatable bonds is 5. The predicted octanol–water partition coefficient (Wildman–Crippen LogP) is 3.45. The number of Topliss-reactive ketones (excluding diaryl/α,β-unsaturated/α-hetero) is 1. The van der Waals surface area contributed by atoms with Crippen molar-refractivity contribution >= 4 is 23.7 Å². The van der Waals surface area contributed by atoms with Gasteiger partial charge in [-0.1, -0.05) is 47.1 Å². The van der Waals surface area contributed by atoms with Crippen LogP contribution in [0.5, 0.6) is 0 Å². The zero-order valence-corrected chi connectivity index (χ0v) is 24.7. The topological polar surface area (TPSA) is 150 Å². The first kappa shape index (κ1) is 29.5. The fourth-order valence-electron chi connectivity index (χ4n) is 8.76. The van der Waals surface area contributed by atoms with Crippen molar-refractivity contribution in [1.29, 1.82) is 0 Å². The van der Waals surface area contributed by atoms with Gasteiger partial charge in [0.15, 0.2) is 17.5 Å². The van der Waals surface area contributed by atoms with E-state index in [0.717, 1.165) is 18.3 Å². The van der Waals surface area contributed by atoms with Gasteiger partial charge in [-0.2, -0.15) is 0 Å². The van der Waals surface area contributed by atoms with Crippen LogP contribution in [0.15, 0.2) is 34.2 Å². The highest BCUT2D eigenvalue weighted by Gasteiger charge is 2.75. The fraction of sp³-hybridized carbons (Fsp3) is 0.677. The molecule has 10 heteroatoms. The highest BCUT2D eigenvalue weighted by atomic mass is 16.6. The summed E-state index contributed by atoms with van der Waals surface area (Å²) in [6.07, 6.45) is 0.187. The van der Waals surface area contributed by atoms with Crippen molar-refractivity contribution < 1.29 is 48.0 Å². The van der Waals surface area contributed by atoms with Crippen molar-refractivity contribution in [1.82, 2.24) is 0 Å². The Morgan fingerprint density at radius 1 is 1.12 bits per heavy atom. The number of furan rings is 1. The van der Waals surface area contributed by atoms with Crippen molar-refractivity contribution in [2.75, 3.05) is 7.11 Å². The number of aliphatic hydroxyl groups excluding tert-OH is 1. The number of hydrogen-bond donors (Lipinski definition) is 2. The van der Waals surface area contributed by atoms with Gasteiger partial charge in [-0.3, -0.25) is 14.4 Å². The molecule has 1 aromatic rings. The van der Waals surface area contributed by atoms with Gasteiger partial charge in [0.25, 0.3) is 0 Å². The van der Waals surface area contributed by atoms with Gasteiger partial charge < -0.3 is 28.8 Å². The maximum Gasteiger partial charge on any atom is 0.335 e. The van der Waals surface area contributed by atoms with E-state index in [1.54, 1.807) is 46.9 Å². The molecule has 3 fully saturated rings. The molecule has 1 saturated heterocycles. The number of hydrogen-bond acceptors (Lipinski definition) is 10. The Morgan fingerprint density at radius 2 is 1.80 bits per heavy atom. The Hall–Kier alpha value is -2.98. The van der Waals surface area contributed by atoms with Gasteiger partial charge in [0.1, 0.15) is 12.2 Å². The minimum absolute atomic E-state index is 0.0267. The smallest absolute Gasteiger partial charge is 0.335 e. The minimum Gasteiger partial charge on any atom is -0.472 e. The quantitative estimate of drug-likeness (QED) is 0.305. The average molecular weight is 573 g/mol. The van der Waals surface area contributed by atoms with Gasteiger partial charge in [0, 0.05) is 34.1 Å². The zero-order chi connectivity index (χ0) is 30.3. The second-order valence-corrected chi connectivity index (χ2v) is 13.6. The maximum atomic E-state index is 14.5. The van der Waals surface area contributed by atoms with Crippen molar-refractivity contribution in [2.45, 2.75) is 91.1 Å². The molecule has 0 spiro atoms. The Labute approximate surface area is 239 Å². The van der Waals surface area contributed by atoms with E-state index in [1.807, 2.05) is 6.92 Å². The molecule has 3 aliphatic carbocycles. The van der Waals surface area contributed by atoms with Crippen molar-refractivity contribution in [3.05, 3.63) is 35.3 Å². The number of fused-ring (bicyclic) bond motifs is 5. The van der Waals surface area contributed by atoms with E-state index in [4.69, 9.17) is 18.6 Å². The molecule has 10 nitrogen and oxygen atoms in total. The van der Waals surface area contributed by atoms with Crippen LogP contribution in [0, 0.1) is 34.0 Å². The van der Waals surface area contributed by atoms with Crippen molar-refractivity contribution in [2.24, 2.45) is 34.0 Å². The van der Waals surface area contributed by atoms with Gasteiger partial charge in [0.05, 0.1) is 32.0 Å². The summed E-state index contributed by atoms with van der Waals surface area (Å²) in [6, 6.07) is 1.75. The zero-order valence-electron chi connectivity index (χ0n) is 24.7. The Bertz CT molecular complexity index is 1310. The Balaban J connectivity index is 1.75. The van der Waals surface area contributed by atoms with E-state index in [2.05, 4.69) is 0 Å². The first-order valence-electron chi connectivity index (χ1n) is 14.2. The first-order chi connectivity index (χ1) is 19.0. The standard InChI is InChI=1S/C31H40O10/c1-15(2)24(34)41-27-28(3,4)22(21(33)25(35)38-7)30(6)18-8-10-29(5)19(17(18)13-31(27,37)26(30)36)12-20(32)40-23(29)16-9-11-39-14-16/h9,11,14-15,18,21-23,27,33,37H,8,10,12-13H2,1-7H3/t18-,21+,22-,23-,27-,29+,30-,31+/m0/s1. The average Bonchev–Trinajstić information content (AvgIpc) is 3.44. The molecule has 41 heavy (non-hydrogen) atoms. The summed E-state index contributed by atoms with van der Waals surface area (Å²) < 4.78 is 22.0. The van der Waals surface area contributed by atoms with Crippen LogP contribution in [0.4, 0.5) is 0 Å². The highest BCUT2D eigenvalue weighted by Crippen LogP contribution is 2.69. The molecule has 1 aromatic heterocycles. The van der Waals surface area contributed by atoms with Gasteiger partial charge in [-0.15, -0.1) is 0 Å². The molecule has 2 heterocycles. The van der Waals surface area contributed by atoms with E-state index in [-0.39, 0.29) is 12.8 Å². The maximum absolute atomic E-state index is 14.5. The lowest BCUT2D eigenvalue weighted by Crippen LogP contribution is -2.76. The summed E-state index contributed by atoms with van der Waals surface area (Å²) in [5.41, 5.74) is -3.28. The third-order valence-corrected chi connectivity index (χ3v) is 10.5. The van der Waals surface area contributed by atoms with E-state index in [0.29, 0.717) is 18.4 Å². The number of ketones is 1. The van der Waals surface area contributed by atoms with Crippen LogP contribution >= 0.6 is 0 Å². The van der Waals surface area contributed by atoms with Gasteiger partial charge in [0.2, 0.25) is 0 Å². The summed E-state index contributed by atoms with van der Waals surface area (Å²) in [7, 11) is 1.15. The molecule has 0 amide bonds. The number of cyclic esters (lactones) is 1. The molecule has 5 rings (SSSR count). The lowest BCUT2D eigenvalue weighted by atomic mass is 9.39. The molecule has 0 unspecified atom stereocenters. The third-order valence-electron chi connectivity index (χ3n) is 10.5. The Kier molecular flexibility index (Phi) is 6.85. The van der Waals surface area contributed by atoms with Gasteiger partial charge >= 0.3 is 17.9 Å². The number of carbonyl (C=O) groups is 4. The van der Waals surface area contributed by atoms with E-state index >= 15 is 0 Å². The number of methoxy groups -OCH3 is 1. The predicted molar refractivity (Wildman–Crippen MR) is 143 cm³/mol. The number of esters is 3. The summed E-state index contributed by atoms with van der Waals surface area (Å²) in [5.74, 6) is -4.68. The molecular weight excluding hydrogens is 532 g/mol. The molecule has 2 saturated carbocycles. The summed E-state index contributed by atoms with van der Waals surface area (Å²) >= 11 is 0. The largest absolute Gasteiger partial charge is 0.472 e. The van der Waals surface area contributed by atoms with Crippen LogP contribution in [-0.4, -0.2) is 58.8 Å². The lowest BCUT2D eigenvalue weighted by Gasteiger charge is -2.66. The highest BCUT2D eigenvalue weighted by molar-refractivity contribution is 5.98. The summed E-state index contributed by atoms with van der Waals surface area (Å²) in [5, 5.41) is 23.8. The van der Waals surface area contributed by atoms with E-state index < -0.39 is 81.6 Å². The number of carbonyl (C=O) groups excluding carboxylic acids is 4. The van der Waals surface area contributed by atoms with Crippen LogP contribution in [0.25, 0.3) is 0 Å². The van der Waals surface area contributed by atoms with Gasteiger partial charge in [-0.05, 0) is 30.4 Å². The second kappa shape index (κ2) is 9.52. The normalized spacial score (nSPS) is 38.5. The van der Waals surface area contributed by atoms with Crippen molar-refractivity contribution in [3.63, 3.8) is 0 Å². The summed E-state index contributed by atoms with van der Waals surface area (Å²) in [6.45, 7) is 10.4. The fourth-order valence-corrected chi connectivity index (χ4v) is 8.76. The molecule has 1 aliphatic heterocycles. The molecule has 4 aliphatic rings. The van der Waals surface area contributed by atoms with Crippen LogP contribution in [0.2, 0.25) is 0 Å². The van der Waals surface area contributed by atoms with Crippen LogP contribution < -0.4 is 0 Å².